The second kappa shape index (κ2) is 22.2. The van der Waals surface area contributed by atoms with Gasteiger partial charge in [-0.3, -0.25) is 0 Å². The van der Waals surface area contributed by atoms with Gasteiger partial charge < -0.3 is 9.05 Å². The summed E-state index contributed by atoms with van der Waals surface area (Å²) in [6.07, 6.45) is 26.8. The van der Waals surface area contributed by atoms with Crippen LogP contribution in [-0.4, -0.2) is 42.0 Å². The zero-order chi connectivity index (χ0) is 38.6. The Labute approximate surface area is 362 Å². The summed E-state index contributed by atoms with van der Waals surface area (Å²) in [6, 6.07) is 27.4. The first-order valence-corrected chi connectivity index (χ1v) is 28.7. The third-order valence-corrected chi connectivity index (χ3v) is 22.0. The van der Waals surface area contributed by atoms with Gasteiger partial charge >= 0.3 is 6.49 Å². The molecule has 306 valence electrons. The Morgan fingerprint density at radius 1 is 0.518 bits per heavy atom. The van der Waals surface area contributed by atoms with Gasteiger partial charge in [0.05, 0.1) is 5.30 Å². The number of aryl methyl sites for hydroxylation is 2. The highest BCUT2D eigenvalue weighted by Crippen LogP contribution is 2.56. The quantitative estimate of drug-likeness (QED) is 0.0426. The largest absolute Gasteiger partial charge is 0.432 e. The van der Waals surface area contributed by atoms with Crippen LogP contribution in [0.1, 0.15) is 141 Å². The molecule has 8 heteroatoms. The van der Waals surface area contributed by atoms with E-state index in [-0.39, 0.29) is 0 Å². The maximum atomic E-state index is 6.72. The van der Waals surface area contributed by atoms with Crippen molar-refractivity contribution in [3.05, 3.63) is 90.0 Å². The fourth-order valence-corrected chi connectivity index (χ4v) is 17.8. The van der Waals surface area contributed by atoms with Gasteiger partial charge in [-0.2, -0.15) is 47.0 Å². The predicted octanol–water partition coefficient (Wildman–Crippen LogP) is 14.9. The Balaban J connectivity index is 0.811. The van der Waals surface area contributed by atoms with E-state index in [0.717, 1.165) is 71.6 Å². The van der Waals surface area contributed by atoms with Gasteiger partial charge in [-0.1, -0.05) is 121 Å². The summed E-state index contributed by atoms with van der Waals surface area (Å²) < 4.78 is 13.4. The second-order valence-corrected chi connectivity index (χ2v) is 26.1. The molecule has 0 aliphatic carbocycles. The van der Waals surface area contributed by atoms with Crippen molar-refractivity contribution in [3.8, 4) is 11.5 Å². The molecule has 9 unspecified atom stereocenters. The maximum absolute atomic E-state index is 6.72. The zero-order valence-corrected chi connectivity index (χ0v) is 39.0. The predicted molar refractivity (Wildman–Crippen MR) is 257 cm³/mol. The van der Waals surface area contributed by atoms with Crippen molar-refractivity contribution >= 4 is 70.7 Å². The minimum absolute atomic E-state index is 0.812. The molecule has 56 heavy (non-hydrogen) atoms. The number of thioether (sulfide) groups is 4. The summed E-state index contributed by atoms with van der Waals surface area (Å²) >= 11 is 15.5. The number of unbranched alkanes of at least 4 members (excludes halogenated alkanes) is 8. The van der Waals surface area contributed by atoms with Crippen LogP contribution in [0, 0.1) is 0 Å². The Bertz CT molecular complexity index is 1670. The van der Waals surface area contributed by atoms with E-state index in [1.165, 1.54) is 127 Å². The van der Waals surface area contributed by atoms with Crippen LogP contribution in [0.3, 0.4) is 0 Å². The molecule has 3 aromatic rings. The monoisotopic (exact) mass is 866 g/mol. The number of hydrogen-bond acceptors (Lipinski definition) is 7. The number of hydrogen-bond donors (Lipinski definition) is 0. The third kappa shape index (κ3) is 13.2. The lowest BCUT2D eigenvalue weighted by atomic mass is 10.0. The van der Waals surface area contributed by atoms with E-state index in [1.807, 2.05) is 30.3 Å². The summed E-state index contributed by atoms with van der Waals surface area (Å²) in [5.41, 5.74) is 2.64. The highest BCUT2D eigenvalue weighted by molar-refractivity contribution is 8.13. The average Bonchev–Trinajstić information content (AvgIpc) is 4.12. The number of benzene rings is 3. The number of rotatable bonds is 27. The summed E-state index contributed by atoms with van der Waals surface area (Å²) in [7, 11) is 0. The van der Waals surface area contributed by atoms with Gasteiger partial charge in [-0.15, -0.1) is 0 Å². The summed E-state index contributed by atoms with van der Waals surface area (Å²) in [4.78, 5) is 0. The van der Waals surface area contributed by atoms with Gasteiger partial charge in [0.2, 0.25) is 0 Å². The van der Waals surface area contributed by atoms with E-state index in [0.29, 0.717) is 0 Å². The highest BCUT2D eigenvalue weighted by atomic mass is 32.5. The molecule has 0 spiro atoms. The Hall–Kier alpha value is -0.690. The minimum Gasteiger partial charge on any atom is -0.432 e. The highest BCUT2D eigenvalue weighted by Gasteiger charge is 2.47. The fourth-order valence-electron chi connectivity index (χ4n) is 8.85. The molecule has 5 fully saturated rings. The molecule has 5 aliphatic rings. The minimum atomic E-state index is -2.86. The van der Waals surface area contributed by atoms with Crippen LogP contribution in [-0.2, 0) is 24.6 Å². The van der Waals surface area contributed by atoms with Crippen LogP contribution in [0.4, 0.5) is 0 Å². The molecule has 0 amide bonds. The fraction of sp³-hybridized carbons (Fsp3) is 0.625. The van der Waals surface area contributed by atoms with Gasteiger partial charge in [0.15, 0.2) is 0 Å². The topological polar surface area (TPSA) is 18.5 Å². The van der Waals surface area contributed by atoms with Gasteiger partial charge in [-0.05, 0) is 124 Å². The average molecular weight is 867 g/mol. The molecule has 0 radical (unpaired) electrons. The first-order chi connectivity index (χ1) is 27.5. The van der Waals surface area contributed by atoms with Crippen LogP contribution in [0.15, 0.2) is 78.9 Å². The summed E-state index contributed by atoms with van der Waals surface area (Å²) in [6.45, 7) is 1.82. The van der Waals surface area contributed by atoms with Crippen molar-refractivity contribution in [1.82, 2.24) is 0 Å². The van der Waals surface area contributed by atoms with Gasteiger partial charge in [0.1, 0.15) is 11.5 Å². The van der Waals surface area contributed by atoms with Gasteiger partial charge in [0, 0.05) is 42.0 Å². The number of fused-ring (bicyclic) bond motifs is 2. The van der Waals surface area contributed by atoms with E-state index in [1.54, 1.807) is 0 Å². The molecule has 0 N–H and O–H groups in total. The molecular weight excluding hydrogens is 800 g/mol. The van der Waals surface area contributed by atoms with E-state index < -0.39 is 6.49 Å². The normalized spacial score (nSPS) is 27.2. The summed E-state index contributed by atoms with van der Waals surface area (Å²) in [5, 5.41) is 8.63. The molecule has 8 rings (SSSR count). The molecule has 5 saturated heterocycles. The third-order valence-electron chi connectivity index (χ3n) is 12.2. The maximum Gasteiger partial charge on any atom is 0.319 e. The molecule has 2 nitrogen and oxygen atoms in total. The zero-order valence-electron chi connectivity index (χ0n) is 34.1. The molecule has 9 atom stereocenters. The van der Waals surface area contributed by atoms with E-state index >= 15 is 0 Å². The van der Waals surface area contributed by atoms with Gasteiger partial charge in [-0.25, -0.2) is 0 Å². The molecule has 0 aromatic heterocycles. The van der Waals surface area contributed by atoms with Crippen LogP contribution < -0.4 is 14.4 Å². The van der Waals surface area contributed by atoms with Crippen LogP contribution >= 0.6 is 53.5 Å². The smallest absolute Gasteiger partial charge is 0.319 e. The van der Waals surface area contributed by atoms with Crippen molar-refractivity contribution in [2.24, 2.45) is 0 Å². The van der Waals surface area contributed by atoms with Crippen molar-refractivity contribution in [3.63, 3.8) is 0 Å². The Kier molecular flexibility index (Phi) is 17.2. The van der Waals surface area contributed by atoms with E-state index in [4.69, 9.17) is 20.9 Å². The molecule has 3 aromatic carbocycles. The van der Waals surface area contributed by atoms with Crippen molar-refractivity contribution < 1.29 is 9.05 Å². The summed E-state index contributed by atoms with van der Waals surface area (Å²) in [5.74, 6) is 1.62. The first kappa shape index (κ1) is 43.4. The molecule has 5 heterocycles. The Morgan fingerprint density at radius 3 is 1.55 bits per heavy atom. The van der Waals surface area contributed by atoms with Crippen LogP contribution in [0.2, 0.25) is 0 Å². The second-order valence-electron chi connectivity index (χ2n) is 16.8. The molecule has 5 aliphatic heterocycles. The van der Waals surface area contributed by atoms with Crippen molar-refractivity contribution in [1.29, 1.82) is 0 Å². The van der Waals surface area contributed by atoms with E-state index in [2.05, 4.69) is 109 Å². The first-order valence-electron chi connectivity index (χ1n) is 22.3. The van der Waals surface area contributed by atoms with E-state index in [9.17, 15) is 0 Å². The molecular formula is C48H67O2PS5. The lowest BCUT2D eigenvalue weighted by Gasteiger charge is -2.50. The van der Waals surface area contributed by atoms with Crippen LogP contribution in [0.25, 0.3) is 0 Å². The Morgan fingerprint density at radius 2 is 0.982 bits per heavy atom. The SMILES string of the molecule is CCCC1SC1CC1SC1CCCCCCCc1cccc(OP(=S)(Oc2cccc(CCCCCCCC3SC(CCC)C4CC3S4)c2)c2ccccc2)c1. The van der Waals surface area contributed by atoms with Gasteiger partial charge in [0.25, 0.3) is 0 Å². The molecule has 2 bridgehead atoms. The van der Waals surface area contributed by atoms with Crippen molar-refractivity contribution in [2.45, 2.75) is 184 Å². The molecule has 0 saturated carbocycles. The van der Waals surface area contributed by atoms with Crippen LogP contribution in [0.5, 0.6) is 11.5 Å². The standard InChI is InChI=1S/C48H67O2PS5/c1-3-20-41-46-35-48(56-46)43(53-41)30-16-9-5-7-12-22-36-24-18-26-38(32-36)49-51(52,40-28-14-11-15-29-40)50-39-27-19-25-37(33-39)23-13-8-6-10-17-31-44-47(55-44)34-45-42(54-45)21-4-2/h11,14-15,18-19,24-29,32-33,41-48H,3-10,12-13,16-17,20-23,30-31,34-35H2,1-2H3. The lowest BCUT2D eigenvalue weighted by molar-refractivity contribution is 0.497. The van der Waals surface area contributed by atoms with Crippen molar-refractivity contribution in [2.75, 3.05) is 0 Å². The lowest BCUT2D eigenvalue weighted by Crippen LogP contribution is -2.47.